The summed E-state index contributed by atoms with van der Waals surface area (Å²) >= 11 is 0. The molecule has 3 rings (SSSR count). The third-order valence-corrected chi connectivity index (χ3v) is 5.39. The first-order valence-corrected chi connectivity index (χ1v) is 10.1. The van der Waals surface area contributed by atoms with Gasteiger partial charge in [0, 0.05) is 20.0 Å². The fourth-order valence-corrected chi connectivity index (χ4v) is 3.65. The fourth-order valence-electron chi connectivity index (χ4n) is 3.65. The summed E-state index contributed by atoms with van der Waals surface area (Å²) in [6.07, 6.45) is 0.953. The number of rotatable bonds is 8. The molecular weight excluding hydrogens is 376 g/mol. The number of methoxy groups -OCH3 is 1. The third-order valence-electron chi connectivity index (χ3n) is 5.39. The Kier molecular flexibility index (Phi) is 7.07. The van der Waals surface area contributed by atoms with E-state index in [0.717, 1.165) is 27.6 Å². The quantitative estimate of drug-likeness (QED) is 0.619. The number of hydrogen-bond donors (Lipinski definition) is 1. The first-order valence-electron chi connectivity index (χ1n) is 10.1. The van der Waals surface area contributed by atoms with Crippen LogP contribution in [0.15, 0.2) is 66.7 Å². The summed E-state index contributed by atoms with van der Waals surface area (Å²) in [6, 6.07) is 21.3. The molecule has 30 heavy (non-hydrogen) atoms. The van der Waals surface area contributed by atoms with E-state index in [2.05, 4.69) is 29.6 Å². The summed E-state index contributed by atoms with van der Waals surface area (Å²) in [6.45, 7) is 2.11. The van der Waals surface area contributed by atoms with Crippen LogP contribution < -0.4 is 10.1 Å². The second-order valence-electron chi connectivity index (χ2n) is 7.30. The number of nitrogens with one attached hydrogen (secondary N) is 1. The average Bonchev–Trinajstić information content (AvgIpc) is 2.80. The van der Waals surface area contributed by atoms with Gasteiger partial charge in [-0.25, -0.2) is 0 Å². The molecule has 3 aromatic carbocycles. The molecule has 0 aliphatic heterocycles. The number of carbonyl (C=O) groups excluding carboxylic acids is 2. The molecule has 0 spiro atoms. The Hall–Kier alpha value is -3.34. The molecule has 0 aromatic heterocycles. The van der Waals surface area contributed by atoms with Crippen molar-refractivity contribution in [3.63, 3.8) is 0 Å². The Labute approximate surface area is 177 Å². The molecule has 5 nitrogen and oxygen atoms in total. The van der Waals surface area contributed by atoms with Crippen LogP contribution >= 0.6 is 0 Å². The number of likely N-dealkylation sites (N-methyl/N-ethyl adjacent to an activating group) is 1. The normalized spacial score (nSPS) is 11.7. The summed E-state index contributed by atoms with van der Waals surface area (Å²) in [5.74, 6) is 0.488. The van der Waals surface area contributed by atoms with Gasteiger partial charge in [0.15, 0.2) is 0 Å². The van der Waals surface area contributed by atoms with Gasteiger partial charge >= 0.3 is 0 Å². The molecule has 0 saturated heterocycles. The molecule has 5 heteroatoms. The van der Waals surface area contributed by atoms with Crippen molar-refractivity contribution < 1.29 is 14.3 Å². The fraction of sp³-hybridized carbons (Fsp3) is 0.280. The summed E-state index contributed by atoms with van der Waals surface area (Å²) < 4.78 is 5.29. The lowest BCUT2D eigenvalue weighted by Crippen LogP contribution is -2.46. The number of benzene rings is 3. The molecule has 0 unspecified atom stereocenters. The van der Waals surface area contributed by atoms with Crippen LogP contribution in [-0.4, -0.2) is 36.9 Å². The number of carbonyl (C=O) groups is 2. The number of amides is 2. The number of nitrogens with zero attached hydrogens (tertiary/aromatic N) is 1. The minimum absolute atomic E-state index is 0.0538. The second kappa shape index (κ2) is 9.92. The first kappa shape index (κ1) is 21.4. The minimum atomic E-state index is -0.568. The SMILES string of the molecule is CNC(=O)[C@@H](C)N(Cc1cccc(OC)c1)C(=O)CCc1cccc2ccccc12. The lowest BCUT2D eigenvalue weighted by Gasteiger charge is -2.28. The summed E-state index contributed by atoms with van der Waals surface area (Å²) in [4.78, 5) is 27.1. The van der Waals surface area contributed by atoms with Gasteiger partial charge < -0.3 is 15.0 Å². The Morgan fingerprint density at radius 2 is 1.77 bits per heavy atom. The smallest absolute Gasteiger partial charge is 0.242 e. The van der Waals surface area contributed by atoms with Crippen LogP contribution in [0.3, 0.4) is 0 Å². The van der Waals surface area contributed by atoms with Crippen molar-refractivity contribution in [2.75, 3.05) is 14.2 Å². The van der Waals surface area contributed by atoms with Gasteiger partial charge in [-0.3, -0.25) is 9.59 Å². The highest BCUT2D eigenvalue weighted by atomic mass is 16.5. The van der Waals surface area contributed by atoms with Gasteiger partial charge in [0.25, 0.3) is 0 Å². The molecule has 0 heterocycles. The maximum atomic E-state index is 13.2. The van der Waals surface area contributed by atoms with E-state index in [1.807, 2.05) is 42.5 Å². The van der Waals surface area contributed by atoms with Crippen molar-refractivity contribution in [2.45, 2.75) is 32.4 Å². The van der Waals surface area contributed by atoms with Crippen LogP contribution in [0, 0.1) is 0 Å². The Morgan fingerprint density at radius 1 is 1.03 bits per heavy atom. The molecule has 0 aliphatic rings. The van der Waals surface area contributed by atoms with E-state index < -0.39 is 6.04 Å². The van der Waals surface area contributed by atoms with Crippen LogP contribution in [0.4, 0.5) is 0 Å². The zero-order valence-electron chi connectivity index (χ0n) is 17.7. The molecule has 2 amide bonds. The number of fused-ring (bicyclic) bond motifs is 1. The molecule has 0 fully saturated rings. The Bertz CT molecular complexity index is 1030. The largest absolute Gasteiger partial charge is 0.497 e. The van der Waals surface area contributed by atoms with Crippen LogP contribution in [-0.2, 0) is 22.6 Å². The summed E-state index contributed by atoms with van der Waals surface area (Å²) in [7, 11) is 3.20. The average molecular weight is 405 g/mol. The van der Waals surface area contributed by atoms with Gasteiger partial charge in [-0.05, 0) is 47.4 Å². The second-order valence-corrected chi connectivity index (χ2v) is 7.30. The van der Waals surface area contributed by atoms with Gasteiger partial charge in [0.2, 0.25) is 11.8 Å². The molecule has 0 bridgehead atoms. The van der Waals surface area contributed by atoms with Gasteiger partial charge in [-0.15, -0.1) is 0 Å². The van der Waals surface area contributed by atoms with Crippen LogP contribution in [0.1, 0.15) is 24.5 Å². The van der Waals surface area contributed by atoms with E-state index >= 15 is 0 Å². The third kappa shape index (κ3) is 4.98. The van der Waals surface area contributed by atoms with Crippen LogP contribution in [0.2, 0.25) is 0 Å². The first-order chi connectivity index (χ1) is 14.5. The molecule has 1 atom stereocenters. The lowest BCUT2D eigenvalue weighted by atomic mass is 10.0. The monoisotopic (exact) mass is 404 g/mol. The maximum absolute atomic E-state index is 13.2. The Balaban J connectivity index is 1.79. The Morgan fingerprint density at radius 3 is 2.53 bits per heavy atom. The van der Waals surface area contributed by atoms with E-state index in [9.17, 15) is 9.59 Å². The predicted molar refractivity (Wildman–Crippen MR) is 119 cm³/mol. The lowest BCUT2D eigenvalue weighted by molar-refractivity contribution is -0.140. The summed E-state index contributed by atoms with van der Waals surface area (Å²) in [5.41, 5.74) is 2.05. The van der Waals surface area contributed by atoms with Gasteiger partial charge in [-0.1, -0.05) is 54.6 Å². The van der Waals surface area contributed by atoms with E-state index in [1.54, 1.807) is 26.0 Å². The van der Waals surface area contributed by atoms with Crippen molar-refractivity contribution in [2.24, 2.45) is 0 Å². The van der Waals surface area contributed by atoms with Gasteiger partial charge in [-0.2, -0.15) is 0 Å². The van der Waals surface area contributed by atoms with Gasteiger partial charge in [0.1, 0.15) is 11.8 Å². The molecule has 0 saturated carbocycles. The van der Waals surface area contributed by atoms with Crippen LogP contribution in [0.5, 0.6) is 5.75 Å². The van der Waals surface area contributed by atoms with E-state index in [1.165, 1.54) is 0 Å². The van der Waals surface area contributed by atoms with Crippen molar-refractivity contribution in [3.05, 3.63) is 77.9 Å². The topological polar surface area (TPSA) is 58.6 Å². The molecule has 1 N–H and O–H groups in total. The highest BCUT2D eigenvalue weighted by molar-refractivity contribution is 5.88. The number of hydrogen-bond acceptors (Lipinski definition) is 3. The van der Waals surface area contributed by atoms with E-state index in [0.29, 0.717) is 19.4 Å². The van der Waals surface area contributed by atoms with Crippen molar-refractivity contribution in [1.29, 1.82) is 0 Å². The zero-order chi connectivity index (χ0) is 21.5. The number of ether oxygens (including phenoxy) is 1. The standard InChI is InChI=1S/C25H28N2O3/c1-18(25(29)26-2)27(17-19-8-6-12-22(16-19)30-3)24(28)15-14-21-11-7-10-20-9-4-5-13-23(20)21/h4-13,16,18H,14-15,17H2,1-3H3,(H,26,29)/t18-/m1/s1. The summed E-state index contributed by atoms with van der Waals surface area (Å²) in [5, 5.41) is 4.97. The van der Waals surface area contributed by atoms with Crippen LogP contribution in [0.25, 0.3) is 10.8 Å². The van der Waals surface area contributed by atoms with Crippen molar-refractivity contribution in [1.82, 2.24) is 10.2 Å². The van der Waals surface area contributed by atoms with E-state index in [-0.39, 0.29) is 11.8 Å². The van der Waals surface area contributed by atoms with Crippen molar-refractivity contribution >= 4 is 22.6 Å². The highest BCUT2D eigenvalue weighted by Gasteiger charge is 2.25. The molecule has 156 valence electrons. The highest BCUT2D eigenvalue weighted by Crippen LogP contribution is 2.21. The maximum Gasteiger partial charge on any atom is 0.242 e. The van der Waals surface area contributed by atoms with Crippen molar-refractivity contribution in [3.8, 4) is 5.75 Å². The van der Waals surface area contributed by atoms with E-state index in [4.69, 9.17) is 4.74 Å². The molecule has 0 radical (unpaired) electrons. The molecule has 3 aromatic rings. The number of aryl methyl sites for hydroxylation is 1. The molecule has 0 aliphatic carbocycles. The zero-order valence-corrected chi connectivity index (χ0v) is 17.7. The molecular formula is C25H28N2O3. The minimum Gasteiger partial charge on any atom is -0.497 e. The predicted octanol–water partition coefficient (Wildman–Crippen LogP) is 3.94. The van der Waals surface area contributed by atoms with Gasteiger partial charge in [0.05, 0.1) is 7.11 Å².